The van der Waals surface area contributed by atoms with Crippen LogP contribution in [0.2, 0.25) is 0 Å². The number of halogens is 1. The molecule has 17 heavy (non-hydrogen) atoms. The quantitative estimate of drug-likeness (QED) is 0.925. The molecule has 1 N–H and O–H groups in total. The molecule has 94 valence electrons. The van der Waals surface area contributed by atoms with Crippen LogP contribution in [-0.4, -0.2) is 29.6 Å². The number of hydrogen-bond donors (Lipinski definition) is 1. The monoisotopic (exact) mass is 297 g/mol. The molecular formula is C14H20BrNO. The van der Waals surface area contributed by atoms with Gasteiger partial charge in [-0.25, -0.2) is 0 Å². The van der Waals surface area contributed by atoms with Crippen LogP contribution >= 0.6 is 15.9 Å². The van der Waals surface area contributed by atoms with Gasteiger partial charge in [0.15, 0.2) is 0 Å². The third kappa shape index (κ3) is 3.54. The summed E-state index contributed by atoms with van der Waals surface area (Å²) in [6.07, 6.45) is 4.31. The van der Waals surface area contributed by atoms with Crippen molar-refractivity contribution in [2.45, 2.75) is 37.8 Å². The predicted molar refractivity (Wildman–Crippen MR) is 74.0 cm³/mol. The van der Waals surface area contributed by atoms with Gasteiger partial charge >= 0.3 is 0 Å². The highest BCUT2D eigenvalue weighted by atomic mass is 79.9. The molecule has 1 heterocycles. The van der Waals surface area contributed by atoms with Crippen LogP contribution in [0.4, 0.5) is 0 Å². The molecule has 1 aliphatic rings. The van der Waals surface area contributed by atoms with E-state index in [9.17, 15) is 5.11 Å². The highest BCUT2D eigenvalue weighted by Crippen LogP contribution is 2.26. The third-order valence-electron chi connectivity index (χ3n) is 3.67. The average molecular weight is 298 g/mol. The molecule has 0 unspecified atom stereocenters. The highest BCUT2D eigenvalue weighted by molar-refractivity contribution is 9.10. The fourth-order valence-electron chi connectivity index (χ4n) is 2.52. The largest absolute Gasteiger partial charge is 0.388 e. The zero-order valence-electron chi connectivity index (χ0n) is 10.3. The lowest BCUT2D eigenvalue weighted by Crippen LogP contribution is -2.37. The van der Waals surface area contributed by atoms with E-state index >= 15 is 0 Å². The van der Waals surface area contributed by atoms with Crippen LogP contribution in [0.15, 0.2) is 28.7 Å². The standard InChI is InChI=1S/C14H20BrNO/c1-16-9-3-2-4-13(16)10-14(17)11-5-7-12(15)8-6-11/h5-8,13-14,17H,2-4,9-10H2,1H3/t13-,14+/m0/s1. The number of aliphatic hydroxyl groups excluding tert-OH is 1. The Labute approximate surface area is 112 Å². The smallest absolute Gasteiger partial charge is 0.0805 e. The van der Waals surface area contributed by atoms with Gasteiger partial charge in [0.2, 0.25) is 0 Å². The molecule has 1 saturated heterocycles. The summed E-state index contributed by atoms with van der Waals surface area (Å²) in [5, 5.41) is 10.2. The highest BCUT2D eigenvalue weighted by Gasteiger charge is 2.22. The van der Waals surface area contributed by atoms with Crippen LogP contribution in [0.1, 0.15) is 37.4 Å². The first kappa shape index (κ1) is 13.1. The zero-order chi connectivity index (χ0) is 12.3. The number of nitrogens with zero attached hydrogens (tertiary/aromatic N) is 1. The van der Waals surface area contributed by atoms with Crippen molar-refractivity contribution in [2.24, 2.45) is 0 Å². The molecule has 1 aromatic rings. The number of benzene rings is 1. The molecule has 0 aliphatic carbocycles. The van der Waals surface area contributed by atoms with Gasteiger partial charge in [0.1, 0.15) is 0 Å². The van der Waals surface area contributed by atoms with Gasteiger partial charge in [0, 0.05) is 10.5 Å². The lowest BCUT2D eigenvalue weighted by Gasteiger charge is -2.33. The Kier molecular flexibility index (Phi) is 4.60. The maximum absolute atomic E-state index is 10.2. The van der Waals surface area contributed by atoms with Crippen LogP contribution in [0.5, 0.6) is 0 Å². The van der Waals surface area contributed by atoms with Crippen LogP contribution in [0.3, 0.4) is 0 Å². The van der Waals surface area contributed by atoms with Gasteiger partial charge in [-0.15, -0.1) is 0 Å². The maximum Gasteiger partial charge on any atom is 0.0805 e. The summed E-state index contributed by atoms with van der Waals surface area (Å²) < 4.78 is 1.06. The summed E-state index contributed by atoms with van der Waals surface area (Å²) in [4.78, 5) is 2.38. The van der Waals surface area contributed by atoms with E-state index in [2.05, 4.69) is 27.9 Å². The van der Waals surface area contributed by atoms with Crippen molar-refractivity contribution >= 4 is 15.9 Å². The molecule has 0 radical (unpaired) electrons. The van der Waals surface area contributed by atoms with Crippen molar-refractivity contribution in [3.05, 3.63) is 34.3 Å². The van der Waals surface area contributed by atoms with Gasteiger partial charge in [-0.05, 0) is 50.6 Å². The topological polar surface area (TPSA) is 23.5 Å². The van der Waals surface area contributed by atoms with E-state index in [0.717, 1.165) is 23.0 Å². The van der Waals surface area contributed by atoms with Gasteiger partial charge in [0.05, 0.1) is 6.10 Å². The molecule has 3 heteroatoms. The molecule has 2 atom stereocenters. The van der Waals surface area contributed by atoms with E-state index in [1.807, 2.05) is 24.3 Å². The van der Waals surface area contributed by atoms with Crippen molar-refractivity contribution in [1.29, 1.82) is 0 Å². The molecule has 0 bridgehead atoms. The summed E-state index contributed by atoms with van der Waals surface area (Å²) in [5.74, 6) is 0. The molecule has 0 saturated carbocycles. The molecule has 1 aliphatic heterocycles. The number of likely N-dealkylation sites (tertiary alicyclic amines) is 1. The maximum atomic E-state index is 10.2. The second kappa shape index (κ2) is 5.98. The van der Waals surface area contributed by atoms with Gasteiger partial charge in [-0.3, -0.25) is 0 Å². The first-order chi connectivity index (χ1) is 8.16. The average Bonchev–Trinajstić information content (AvgIpc) is 2.33. The molecular weight excluding hydrogens is 278 g/mol. The van der Waals surface area contributed by atoms with Gasteiger partial charge in [-0.2, -0.15) is 0 Å². The Morgan fingerprint density at radius 3 is 2.71 bits per heavy atom. The van der Waals surface area contributed by atoms with E-state index in [-0.39, 0.29) is 6.10 Å². The molecule has 2 rings (SSSR count). The Hall–Kier alpha value is -0.380. The summed E-state index contributed by atoms with van der Waals surface area (Å²) in [7, 11) is 2.16. The van der Waals surface area contributed by atoms with Crippen molar-refractivity contribution in [1.82, 2.24) is 4.90 Å². The van der Waals surface area contributed by atoms with Crippen LogP contribution < -0.4 is 0 Å². The molecule has 0 amide bonds. The van der Waals surface area contributed by atoms with Crippen LogP contribution in [0, 0.1) is 0 Å². The van der Waals surface area contributed by atoms with Crippen LogP contribution in [-0.2, 0) is 0 Å². The number of aliphatic hydroxyl groups is 1. The summed E-state index contributed by atoms with van der Waals surface area (Å²) in [6, 6.07) is 8.50. The molecule has 1 aromatic carbocycles. The summed E-state index contributed by atoms with van der Waals surface area (Å²) in [6.45, 7) is 1.16. The predicted octanol–water partition coefficient (Wildman–Crippen LogP) is 3.36. The first-order valence-electron chi connectivity index (χ1n) is 6.30. The minimum Gasteiger partial charge on any atom is -0.388 e. The lowest BCUT2D eigenvalue weighted by atomic mass is 9.94. The molecule has 0 aromatic heterocycles. The van der Waals surface area contributed by atoms with E-state index in [4.69, 9.17) is 0 Å². The van der Waals surface area contributed by atoms with E-state index in [0.29, 0.717) is 6.04 Å². The fraction of sp³-hybridized carbons (Fsp3) is 0.571. The second-order valence-corrected chi connectivity index (χ2v) is 5.85. The number of hydrogen-bond acceptors (Lipinski definition) is 2. The third-order valence-corrected chi connectivity index (χ3v) is 4.20. The molecule has 1 fully saturated rings. The van der Waals surface area contributed by atoms with Gasteiger partial charge in [0.25, 0.3) is 0 Å². The Bertz CT molecular complexity index is 352. The molecule has 2 nitrogen and oxygen atoms in total. The van der Waals surface area contributed by atoms with Crippen molar-refractivity contribution in [3.63, 3.8) is 0 Å². The Balaban J connectivity index is 1.95. The van der Waals surface area contributed by atoms with E-state index in [1.165, 1.54) is 19.3 Å². The van der Waals surface area contributed by atoms with Gasteiger partial charge in [-0.1, -0.05) is 34.5 Å². The molecule has 0 spiro atoms. The lowest BCUT2D eigenvalue weighted by molar-refractivity contribution is 0.0944. The summed E-state index contributed by atoms with van der Waals surface area (Å²) in [5.41, 5.74) is 1.02. The van der Waals surface area contributed by atoms with Gasteiger partial charge < -0.3 is 10.0 Å². The first-order valence-corrected chi connectivity index (χ1v) is 7.10. The fourth-order valence-corrected chi connectivity index (χ4v) is 2.78. The van der Waals surface area contributed by atoms with Crippen molar-refractivity contribution in [3.8, 4) is 0 Å². The number of rotatable bonds is 3. The minimum atomic E-state index is -0.339. The van der Waals surface area contributed by atoms with Crippen LogP contribution in [0.25, 0.3) is 0 Å². The number of piperidine rings is 1. The Morgan fingerprint density at radius 2 is 2.06 bits per heavy atom. The SMILES string of the molecule is CN1CCCC[C@H]1C[C@@H](O)c1ccc(Br)cc1. The van der Waals surface area contributed by atoms with E-state index < -0.39 is 0 Å². The normalized spacial score (nSPS) is 23.6. The Morgan fingerprint density at radius 1 is 1.35 bits per heavy atom. The zero-order valence-corrected chi connectivity index (χ0v) is 11.9. The second-order valence-electron chi connectivity index (χ2n) is 4.93. The van der Waals surface area contributed by atoms with Crippen molar-refractivity contribution in [2.75, 3.05) is 13.6 Å². The summed E-state index contributed by atoms with van der Waals surface area (Å²) >= 11 is 3.41. The van der Waals surface area contributed by atoms with E-state index in [1.54, 1.807) is 0 Å². The van der Waals surface area contributed by atoms with Crippen molar-refractivity contribution < 1.29 is 5.11 Å². The minimum absolute atomic E-state index is 0.339.